The molecule has 0 aliphatic heterocycles. The van der Waals surface area contributed by atoms with E-state index in [1.165, 1.54) is 13.1 Å². The topological polar surface area (TPSA) is 116 Å². The Morgan fingerprint density at radius 1 is 1.39 bits per heavy atom. The number of nitriles is 1. The molecule has 2 N–H and O–H groups in total. The van der Waals surface area contributed by atoms with Gasteiger partial charge in [0.2, 0.25) is 0 Å². The number of hydrogen-bond acceptors (Lipinski definition) is 5. The number of halogens is 1. The third-order valence-corrected chi connectivity index (χ3v) is 4.33. The van der Waals surface area contributed by atoms with E-state index in [4.69, 9.17) is 16.9 Å². The first-order valence-electron chi connectivity index (χ1n) is 8.47. The first-order chi connectivity index (χ1) is 13.4. The van der Waals surface area contributed by atoms with Gasteiger partial charge in [-0.05, 0) is 25.1 Å². The van der Waals surface area contributed by atoms with E-state index in [0.29, 0.717) is 22.8 Å². The number of rotatable bonds is 6. The van der Waals surface area contributed by atoms with Crippen molar-refractivity contribution < 1.29 is 9.59 Å². The van der Waals surface area contributed by atoms with Crippen molar-refractivity contribution in [1.82, 2.24) is 25.1 Å². The highest BCUT2D eigenvalue weighted by molar-refractivity contribution is 6.32. The molecule has 9 heteroatoms. The summed E-state index contributed by atoms with van der Waals surface area (Å²) in [5.74, 6) is -0.437. The number of hydrogen-bond donors (Lipinski definition) is 2. The summed E-state index contributed by atoms with van der Waals surface area (Å²) < 4.78 is 1.71. The van der Waals surface area contributed by atoms with Gasteiger partial charge < -0.3 is 10.3 Å². The molecule has 0 fully saturated rings. The Morgan fingerprint density at radius 3 is 2.82 bits per heavy atom. The first kappa shape index (κ1) is 19.3. The third-order valence-electron chi connectivity index (χ3n) is 4.02. The molecule has 142 valence electrons. The second kappa shape index (κ2) is 8.06. The largest absolute Gasteiger partial charge is 0.346 e. The Morgan fingerprint density at radius 2 is 2.18 bits per heavy atom. The number of H-pyrrole nitrogens is 1. The Labute approximate surface area is 166 Å². The van der Waals surface area contributed by atoms with E-state index in [1.54, 1.807) is 29.1 Å². The van der Waals surface area contributed by atoms with E-state index in [9.17, 15) is 9.59 Å². The van der Waals surface area contributed by atoms with E-state index in [0.717, 1.165) is 5.56 Å². The molecule has 1 aromatic carbocycles. The molecule has 0 saturated carbocycles. The van der Waals surface area contributed by atoms with Crippen LogP contribution in [-0.2, 0) is 6.54 Å². The number of aromatic amines is 1. The molecule has 3 aromatic rings. The monoisotopic (exact) mass is 396 g/mol. The van der Waals surface area contributed by atoms with Crippen molar-refractivity contribution in [2.75, 3.05) is 0 Å². The molecule has 0 spiro atoms. The number of aromatic nitrogens is 4. The highest BCUT2D eigenvalue weighted by Gasteiger charge is 2.15. The average Bonchev–Trinajstić information content (AvgIpc) is 3.31. The number of Topliss-reactive ketones (excluding diaryl/α,β-unsaturated/α-hetero) is 1. The SMILES string of the molecule is CC(=O)c1ncc(C(=O)NC(C)Cn2ccc(-c3ccc(C#N)c(Cl)c3)n2)[nH]1. The number of carbonyl (C=O) groups is 2. The van der Waals surface area contributed by atoms with Crippen molar-refractivity contribution >= 4 is 23.3 Å². The lowest BCUT2D eigenvalue weighted by molar-refractivity contribution is 0.0931. The van der Waals surface area contributed by atoms with Crippen LogP contribution in [0.15, 0.2) is 36.7 Å². The fourth-order valence-electron chi connectivity index (χ4n) is 2.63. The van der Waals surface area contributed by atoms with Gasteiger partial charge in [-0.3, -0.25) is 14.3 Å². The number of nitrogens with zero attached hydrogens (tertiary/aromatic N) is 4. The normalized spacial score (nSPS) is 11.6. The summed E-state index contributed by atoms with van der Waals surface area (Å²) in [4.78, 5) is 30.1. The van der Waals surface area contributed by atoms with Crippen LogP contribution >= 0.6 is 11.6 Å². The van der Waals surface area contributed by atoms with Crippen molar-refractivity contribution in [2.45, 2.75) is 26.4 Å². The Bertz CT molecular complexity index is 1080. The van der Waals surface area contributed by atoms with Gasteiger partial charge in [-0.15, -0.1) is 0 Å². The number of amides is 1. The molecule has 1 atom stereocenters. The molecule has 0 bridgehead atoms. The summed E-state index contributed by atoms with van der Waals surface area (Å²) in [7, 11) is 0. The highest BCUT2D eigenvalue weighted by atomic mass is 35.5. The van der Waals surface area contributed by atoms with Crippen molar-refractivity contribution in [3.05, 3.63) is 58.8 Å². The van der Waals surface area contributed by atoms with E-state index in [1.807, 2.05) is 19.1 Å². The number of carbonyl (C=O) groups excluding carboxylic acids is 2. The van der Waals surface area contributed by atoms with Crippen molar-refractivity contribution in [2.24, 2.45) is 0 Å². The van der Waals surface area contributed by atoms with Gasteiger partial charge in [0.15, 0.2) is 11.6 Å². The van der Waals surface area contributed by atoms with Gasteiger partial charge in [0, 0.05) is 24.7 Å². The van der Waals surface area contributed by atoms with Gasteiger partial charge in [0.1, 0.15) is 11.8 Å². The summed E-state index contributed by atoms with van der Waals surface area (Å²) in [6.07, 6.45) is 3.13. The second-order valence-electron chi connectivity index (χ2n) is 6.31. The van der Waals surface area contributed by atoms with E-state index >= 15 is 0 Å². The van der Waals surface area contributed by atoms with E-state index in [-0.39, 0.29) is 29.3 Å². The predicted octanol–water partition coefficient (Wildman–Crippen LogP) is 2.82. The molecule has 0 saturated heterocycles. The first-order valence-corrected chi connectivity index (χ1v) is 8.85. The van der Waals surface area contributed by atoms with Crippen LogP contribution in [0.1, 0.15) is 40.5 Å². The molecule has 2 aromatic heterocycles. The summed E-state index contributed by atoms with van der Waals surface area (Å²) in [6.45, 7) is 3.67. The van der Waals surface area contributed by atoms with E-state index in [2.05, 4.69) is 20.4 Å². The molecular formula is C19H17ClN6O2. The van der Waals surface area contributed by atoms with Crippen LogP contribution in [-0.4, -0.2) is 37.5 Å². The van der Waals surface area contributed by atoms with Crippen molar-refractivity contribution in [3.8, 4) is 17.3 Å². The summed E-state index contributed by atoms with van der Waals surface area (Å²) in [5, 5.41) is 16.6. The van der Waals surface area contributed by atoms with Crippen LogP contribution in [0.5, 0.6) is 0 Å². The standard InChI is InChI=1S/C19H17ClN6O2/c1-11(23-19(28)17-9-22-18(24-17)12(2)27)10-26-6-5-16(25-26)13-3-4-14(8-21)15(20)7-13/h3-7,9,11H,10H2,1-2H3,(H,22,24)(H,23,28). The van der Waals surface area contributed by atoms with Gasteiger partial charge in [-0.25, -0.2) is 4.98 Å². The molecule has 28 heavy (non-hydrogen) atoms. The molecular weight excluding hydrogens is 380 g/mol. The van der Waals surface area contributed by atoms with Crippen LogP contribution in [0.25, 0.3) is 11.3 Å². The van der Waals surface area contributed by atoms with Gasteiger partial charge >= 0.3 is 0 Å². The minimum absolute atomic E-state index is 0.149. The van der Waals surface area contributed by atoms with Crippen LogP contribution in [0.3, 0.4) is 0 Å². The lowest BCUT2D eigenvalue weighted by Gasteiger charge is -2.13. The maximum Gasteiger partial charge on any atom is 0.269 e. The second-order valence-corrected chi connectivity index (χ2v) is 6.71. The number of nitrogens with one attached hydrogen (secondary N) is 2. The minimum atomic E-state index is -0.348. The van der Waals surface area contributed by atoms with Crippen LogP contribution in [0.2, 0.25) is 5.02 Å². The Hall–Kier alpha value is -3.44. The number of imidazole rings is 1. The molecule has 0 radical (unpaired) electrons. The fraction of sp³-hybridized carbons (Fsp3) is 0.211. The Kier molecular flexibility index (Phi) is 5.57. The highest BCUT2D eigenvalue weighted by Crippen LogP contribution is 2.24. The van der Waals surface area contributed by atoms with Crippen LogP contribution in [0, 0.1) is 11.3 Å². The van der Waals surface area contributed by atoms with Gasteiger partial charge in [-0.1, -0.05) is 17.7 Å². The Balaban J connectivity index is 1.64. The predicted molar refractivity (Wildman–Crippen MR) is 103 cm³/mol. The third kappa shape index (κ3) is 4.27. The zero-order valence-electron chi connectivity index (χ0n) is 15.2. The lowest BCUT2D eigenvalue weighted by atomic mass is 10.1. The average molecular weight is 397 g/mol. The van der Waals surface area contributed by atoms with Crippen molar-refractivity contribution in [3.63, 3.8) is 0 Å². The maximum atomic E-state index is 12.2. The zero-order chi connectivity index (χ0) is 20.3. The molecule has 2 heterocycles. The van der Waals surface area contributed by atoms with Crippen molar-refractivity contribution in [1.29, 1.82) is 5.26 Å². The molecule has 0 aliphatic carbocycles. The van der Waals surface area contributed by atoms with Crippen LogP contribution in [0.4, 0.5) is 0 Å². The number of benzene rings is 1. The molecule has 3 rings (SSSR count). The summed E-state index contributed by atoms with van der Waals surface area (Å²) >= 11 is 6.07. The van der Waals surface area contributed by atoms with E-state index < -0.39 is 0 Å². The smallest absolute Gasteiger partial charge is 0.269 e. The van der Waals surface area contributed by atoms with Gasteiger partial charge in [-0.2, -0.15) is 10.4 Å². The minimum Gasteiger partial charge on any atom is -0.346 e. The van der Waals surface area contributed by atoms with Gasteiger partial charge in [0.25, 0.3) is 5.91 Å². The molecule has 1 amide bonds. The summed E-state index contributed by atoms with van der Waals surface area (Å²) in [6, 6.07) is 8.77. The lowest BCUT2D eigenvalue weighted by Crippen LogP contribution is -2.36. The van der Waals surface area contributed by atoms with Crippen LogP contribution < -0.4 is 5.32 Å². The quantitative estimate of drug-likeness (QED) is 0.621. The molecule has 0 aliphatic rings. The van der Waals surface area contributed by atoms with Gasteiger partial charge in [0.05, 0.1) is 29.0 Å². The fourth-order valence-corrected chi connectivity index (χ4v) is 2.85. The molecule has 1 unspecified atom stereocenters. The maximum absolute atomic E-state index is 12.2. The molecule has 8 nitrogen and oxygen atoms in total. The number of ketones is 1. The summed E-state index contributed by atoms with van der Waals surface area (Å²) in [5.41, 5.74) is 2.15. The zero-order valence-corrected chi connectivity index (χ0v) is 16.0.